The molecule has 0 saturated heterocycles. The number of nitrogens with zero attached hydrogens (tertiary/aromatic N) is 2. The van der Waals surface area contributed by atoms with Crippen LogP contribution in [-0.4, -0.2) is 21.1 Å². The van der Waals surface area contributed by atoms with E-state index in [1.165, 1.54) is 15.9 Å². The van der Waals surface area contributed by atoms with Crippen LogP contribution in [0.4, 0.5) is 0 Å². The molecule has 0 atom stereocenters. The van der Waals surface area contributed by atoms with E-state index in [4.69, 9.17) is 0 Å². The Morgan fingerprint density at radius 3 is 2.74 bits per heavy atom. The first-order chi connectivity index (χ1) is 13.0. The van der Waals surface area contributed by atoms with Crippen LogP contribution in [0.3, 0.4) is 0 Å². The lowest BCUT2D eigenvalue weighted by Gasteiger charge is -2.15. The first-order valence-electron chi connectivity index (χ1n) is 9.14. The topological polar surface area (TPSA) is 73.1 Å². The molecule has 1 aliphatic carbocycles. The van der Waals surface area contributed by atoms with Gasteiger partial charge in [0.05, 0.1) is 11.2 Å². The predicted octanol–water partition coefficient (Wildman–Crippen LogP) is 2.58. The lowest BCUT2D eigenvalue weighted by atomic mass is 10.2. The van der Waals surface area contributed by atoms with Crippen molar-refractivity contribution in [2.75, 3.05) is 0 Å². The molecule has 27 heavy (non-hydrogen) atoms. The minimum atomic E-state index is -0.488. The second-order valence-corrected chi connectivity index (χ2v) is 7.95. The maximum atomic E-state index is 13.1. The van der Waals surface area contributed by atoms with E-state index in [-0.39, 0.29) is 24.1 Å². The molecule has 1 aliphatic rings. The van der Waals surface area contributed by atoms with Gasteiger partial charge in [0.25, 0.3) is 5.56 Å². The summed E-state index contributed by atoms with van der Waals surface area (Å²) in [6.45, 7) is 1.82. The molecule has 1 amide bonds. The Bertz CT molecular complexity index is 1120. The molecule has 2 aromatic heterocycles. The monoisotopic (exact) mass is 383 g/mol. The average Bonchev–Trinajstić information content (AvgIpc) is 3.30. The molecular weight excluding hydrogens is 362 g/mol. The largest absolute Gasteiger partial charge is 0.352 e. The number of nitrogens with one attached hydrogen (secondary N) is 1. The van der Waals surface area contributed by atoms with Gasteiger partial charge in [-0.2, -0.15) is 0 Å². The lowest BCUT2D eigenvalue weighted by molar-refractivity contribution is -0.122. The number of carbonyl (C=O) groups excluding carboxylic acids is 1. The third-order valence-corrected chi connectivity index (χ3v) is 5.93. The van der Waals surface area contributed by atoms with Gasteiger partial charge in [-0.15, -0.1) is 11.3 Å². The molecule has 7 heteroatoms. The van der Waals surface area contributed by atoms with Gasteiger partial charge >= 0.3 is 5.69 Å². The Balaban J connectivity index is 1.80. The van der Waals surface area contributed by atoms with Gasteiger partial charge in [-0.3, -0.25) is 14.2 Å². The van der Waals surface area contributed by atoms with Gasteiger partial charge in [-0.05, 0) is 48.9 Å². The molecule has 140 valence electrons. The maximum absolute atomic E-state index is 13.1. The number of hydrogen-bond acceptors (Lipinski definition) is 4. The van der Waals surface area contributed by atoms with Crippen molar-refractivity contribution in [3.05, 3.63) is 62.1 Å². The van der Waals surface area contributed by atoms with Crippen LogP contribution in [0.2, 0.25) is 0 Å². The number of hydrogen-bond donors (Lipinski definition) is 1. The molecule has 0 aliphatic heterocycles. The molecule has 1 aromatic carbocycles. The fourth-order valence-electron chi connectivity index (χ4n) is 3.72. The highest BCUT2D eigenvalue weighted by Gasteiger charge is 2.20. The van der Waals surface area contributed by atoms with E-state index in [0.717, 1.165) is 35.8 Å². The molecule has 4 rings (SSSR count). The molecule has 1 saturated carbocycles. The summed E-state index contributed by atoms with van der Waals surface area (Å²) in [5.74, 6) is -0.189. The van der Waals surface area contributed by atoms with Gasteiger partial charge in [0.2, 0.25) is 5.91 Å². The van der Waals surface area contributed by atoms with Crippen LogP contribution in [0.15, 0.2) is 45.3 Å². The Morgan fingerprint density at radius 1 is 1.22 bits per heavy atom. The van der Waals surface area contributed by atoms with Crippen LogP contribution in [0.5, 0.6) is 0 Å². The lowest BCUT2D eigenvalue weighted by Crippen LogP contribution is -2.42. The maximum Gasteiger partial charge on any atom is 0.336 e. The van der Waals surface area contributed by atoms with Gasteiger partial charge < -0.3 is 5.32 Å². The Kier molecular flexibility index (Phi) is 4.70. The highest BCUT2D eigenvalue weighted by Crippen LogP contribution is 2.19. The number of benzene rings is 1. The summed E-state index contributed by atoms with van der Waals surface area (Å²) in [4.78, 5) is 38.6. The normalized spacial score (nSPS) is 14.7. The fraction of sp³-hybridized carbons (Fsp3) is 0.350. The highest BCUT2D eigenvalue weighted by atomic mass is 32.1. The summed E-state index contributed by atoms with van der Waals surface area (Å²) in [5.41, 5.74) is 1.16. The first kappa shape index (κ1) is 17.7. The average molecular weight is 383 g/mol. The first-order valence-corrected chi connectivity index (χ1v) is 10.0. The Labute approximate surface area is 160 Å². The van der Waals surface area contributed by atoms with Crippen molar-refractivity contribution in [1.29, 1.82) is 0 Å². The van der Waals surface area contributed by atoms with Crippen LogP contribution >= 0.6 is 11.3 Å². The number of fused-ring (bicyclic) bond motifs is 1. The molecule has 1 N–H and O–H groups in total. The van der Waals surface area contributed by atoms with E-state index in [2.05, 4.69) is 5.32 Å². The molecular formula is C20H21N3O3S. The zero-order valence-electron chi connectivity index (χ0n) is 15.1. The van der Waals surface area contributed by atoms with Crippen LogP contribution in [0, 0.1) is 6.92 Å². The SMILES string of the molecule is Cc1cccc(-n2c(=O)c3sccc3n(CC(=O)NC3CCCC3)c2=O)c1. The second-order valence-electron chi connectivity index (χ2n) is 7.03. The number of aryl methyl sites for hydroxylation is 1. The zero-order chi connectivity index (χ0) is 19.0. The zero-order valence-corrected chi connectivity index (χ0v) is 15.9. The molecule has 6 nitrogen and oxygen atoms in total. The predicted molar refractivity (Wildman–Crippen MR) is 107 cm³/mol. The third-order valence-electron chi connectivity index (χ3n) is 5.04. The minimum absolute atomic E-state index is 0.0886. The van der Waals surface area contributed by atoms with Gasteiger partial charge in [0, 0.05) is 6.04 Å². The number of aromatic nitrogens is 2. The summed E-state index contributed by atoms with van der Waals surface area (Å²) in [5, 5.41) is 4.79. The number of carbonyl (C=O) groups is 1. The molecule has 0 bridgehead atoms. The second kappa shape index (κ2) is 7.15. The van der Waals surface area contributed by atoms with Crippen molar-refractivity contribution in [3.8, 4) is 5.69 Å². The Hall–Kier alpha value is -2.67. The number of thiophene rings is 1. The minimum Gasteiger partial charge on any atom is -0.352 e. The van der Waals surface area contributed by atoms with Crippen molar-refractivity contribution in [2.45, 2.75) is 45.2 Å². The molecule has 0 unspecified atom stereocenters. The molecule has 0 radical (unpaired) electrons. The number of amides is 1. The third kappa shape index (κ3) is 3.35. The number of rotatable bonds is 4. The van der Waals surface area contributed by atoms with Gasteiger partial charge in [0.1, 0.15) is 11.2 Å². The highest BCUT2D eigenvalue weighted by molar-refractivity contribution is 7.17. The van der Waals surface area contributed by atoms with Crippen molar-refractivity contribution in [3.63, 3.8) is 0 Å². The van der Waals surface area contributed by atoms with E-state index >= 15 is 0 Å². The van der Waals surface area contributed by atoms with Crippen LogP contribution in [0.25, 0.3) is 15.9 Å². The summed E-state index contributed by atoms with van der Waals surface area (Å²) in [6.07, 6.45) is 4.21. The van der Waals surface area contributed by atoms with Crippen LogP contribution in [-0.2, 0) is 11.3 Å². The molecule has 3 aromatic rings. The standard InChI is InChI=1S/C20H21N3O3S/c1-13-5-4-8-15(11-13)23-19(25)18-16(9-10-27-18)22(20(23)26)12-17(24)21-14-6-2-3-7-14/h4-5,8-11,14H,2-3,6-7,12H2,1H3,(H,21,24). The van der Waals surface area contributed by atoms with Gasteiger partial charge in [-0.25, -0.2) is 9.36 Å². The van der Waals surface area contributed by atoms with Gasteiger partial charge in [0.15, 0.2) is 0 Å². The summed E-state index contributed by atoms with van der Waals surface area (Å²) < 4.78 is 3.04. The van der Waals surface area contributed by atoms with E-state index in [9.17, 15) is 14.4 Å². The van der Waals surface area contributed by atoms with E-state index < -0.39 is 5.69 Å². The van der Waals surface area contributed by atoms with Crippen molar-refractivity contribution in [1.82, 2.24) is 14.5 Å². The summed E-state index contributed by atoms with van der Waals surface area (Å²) >= 11 is 1.29. The Morgan fingerprint density at radius 2 is 2.00 bits per heavy atom. The summed E-state index contributed by atoms with van der Waals surface area (Å²) in [7, 11) is 0. The molecule has 0 spiro atoms. The van der Waals surface area contributed by atoms with E-state index in [0.29, 0.717) is 15.9 Å². The quantitative estimate of drug-likeness (QED) is 0.753. The fourth-order valence-corrected chi connectivity index (χ4v) is 4.55. The molecule has 2 heterocycles. The van der Waals surface area contributed by atoms with Crippen LogP contribution in [0.1, 0.15) is 31.2 Å². The van der Waals surface area contributed by atoms with E-state index in [1.807, 2.05) is 19.1 Å². The van der Waals surface area contributed by atoms with Crippen molar-refractivity contribution < 1.29 is 4.79 Å². The summed E-state index contributed by atoms with van der Waals surface area (Å²) in [6, 6.07) is 9.17. The smallest absolute Gasteiger partial charge is 0.336 e. The van der Waals surface area contributed by atoms with E-state index in [1.54, 1.807) is 23.6 Å². The van der Waals surface area contributed by atoms with Crippen molar-refractivity contribution in [2.24, 2.45) is 0 Å². The van der Waals surface area contributed by atoms with Gasteiger partial charge in [-0.1, -0.05) is 25.0 Å². The molecule has 1 fully saturated rings. The van der Waals surface area contributed by atoms with Crippen LogP contribution < -0.4 is 16.6 Å². The van der Waals surface area contributed by atoms with Crippen molar-refractivity contribution >= 4 is 27.5 Å².